The molecule has 7 nitrogen and oxygen atoms in total. The number of amides is 3. The van der Waals surface area contributed by atoms with E-state index < -0.39 is 5.54 Å². The molecule has 0 aromatic heterocycles. The number of nitrogens with zero attached hydrogens (tertiary/aromatic N) is 4. The largest absolute Gasteiger partial charge is 0.497 e. The van der Waals surface area contributed by atoms with E-state index in [4.69, 9.17) is 4.74 Å². The number of hydrogen-bond acceptors (Lipinski definition) is 5. The van der Waals surface area contributed by atoms with E-state index in [1.807, 2.05) is 48.2 Å². The van der Waals surface area contributed by atoms with Crippen LogP contribution in [0.2, 0.25) is 0 Å². The molecule has 1 aromatic rings. The van der Waals surface area contributed by atoms with Gasteiger partial charge in [-0.3, -0.25) is 9.69 Å². The molecule has 2 saturated heterocycles. The van der Waals surface area contributed by atoms with Gasteiger partial charge in [0.15, 0.2) is 0 Å². The Balaban J connectivity index is 1.77. The van der Waals surface area contributed by atoms with Gasteiger partial charge in [-0.2, -0.15) is 0 Å². The molecule has 3 rings (SSSR count). The van der Waals surface area contributed by atoms with Crippen LogP contribution in [-0.4, -0.2) is 97.6 Å². The van der Waals surface area contributed by atoms with Crippen molar-refractivity contribution >= 4 is 11.9 Å². The topological polar surface area (TPSA) is 56.3 Å². The molecule has 7 heteroatoms. The Labute approximate surface area is 180 Å². The van der Waals surface area contributed by atoms with E-state index >= 15 is 0 Å². The highest BCUT2D eigenvalue weighted by atomic mass is 16.5. The van der Waals surface area contributed by atoms with Crippen LogP contribution in [-0.2, 0) is 11.2 Å². The predicted octanol–water partition coefficient (Wildman–Crippen LogP) is 2.31. The van der Waals surface area contributed by atoms with Crippen molar-refractivity contribution in [3.05, 3.63) is 29.8 Å². The van der Waals surface area contributed by atoms with Gasteiger partial charge in [-0.25, -0.2) is 4.79 Å². The monoisotopic (exact) mass is 416 g/mol. The minimum absolute atomic E-state index is 0.000212. The first-order valence-corrected chi connectivity index (χ1v) is 11.0. The fourth-order valence-electron chi connectivity index (χ4n) is 4.57. The Bertz CT molecular complexity index is 726. The molecule has 0 bridgehead atoms. The molecule has 0 radical (unpaired) electrons. The average Bonchev–Trinajstić information content (AvgIpc) is 2.93. The summed E-state index contributed by atoms with van der Waals surface area (Å²) in [6.07, 6.45) is 3.28. The Morgan fingerprint density at radius 2 is 1.70 bits per heavy atom. The molecule has 1 aromatic carbocycles. The van der Waals surface area contributed by atoms with Crippen LogP contribution in [0.25, 0.3) is 0 Å². The van der Waals surface area contributed by atoms with Gasteiger partial charge in [0, 0.05) is 32.7 Å². The van der Waals surface area contributed by atoms with E-state index in [0.29, 0.717) is 19.6 Å². The number of likely N-dealkylation sites (N-methyl/N-ethyl adjacent to an activating group) is 1. The van der Waals surface area contributed by atoms with Gasteiger partial charge in [0.25, 0.3) is 5.91 Å². The number of ether oxygens (including phenoxy) is 1. The molecular formula is C23H36N4O3. The van der Waals surface area contributed by atoms with Crippen LogP contribution < -0.4 is 4.74 Å². The zero-order valence-corrected chi connectivity index (χ0v) is 18.9. The zero-order valence-electron chi connectivity index (χ0n) is 18.9. The first-order chi connectivity index (χ1) is 14.4. The number of imide groups is 1. The smallest absolute Gasteiger partial charge is 0.327 e. The van der Waals surface area contributed by atoms with Crippen molar-refractivity contribution in [3.63, 3.8) is 0 Å². The number of rotatable bonds is 9. The third kappa shape index (κ3) is 4.62. The lowest BCUT2D eigenvalue weighted by molar-refractivity contribution is -0.135. The second kappa shape index (κ2) is 9.79. The fraction of sp³-hybridized carbons (Fsp3) is 0.652. The van der Waals surface area contributed by atoms with Gasteiger partial charge in [0.2, 0.25) is 0 Å². The summed E-state index contributed by atoms with van der Waals surface area (Å²) in [5.41, 5.74) is 0.460. The third-order valence-electron chi connectivity index (χ3n) is 6.40. The molecule has 0 unspecified atom stereocenters. The quantitative estimate of drug-likeness (QED) is 0.578. The molecule has 1 spiro atoms. The number of likely N-dealkylation sites (tertiary alicyclic amines) is 1. The van der Waals surface area contributed by atoms with Crippen molar-refractivity contribution in [1.82, 2.24) is 19.6 Å². The molecule has 0 saturated carbocycles. The van der Waals surface area contributed by atoms with Crippen molar-refractivity contribution in [2.75, 3.05) is 60.5 Å². The Hall–Kier alpha value is -2.12. The number of urea groups is 1. The molecule has 2 fully saturated rings. The number of carbonyl (C=O) groups is 2. The lowest BCUT2D eigenvalue weighted by Gasteiger charge is -2.42. The van der Waals surface area contributed by atoms with Gasteiger partial charge < -0.3 is 19.4 Å². The van der Waals surface area contributed by atoms with Crippen LogP contribution in [0.3, 0.4) is 0 Å². The van der Waals surface area contributed by atoms with Gasteiger partial charge in [0.1, 0.15) is 11.3 Å². The van der Waals surface area contributed by atoms with Crippen LogP contribution in [0.15, 0.2) is 24.3 Å². The number of piperidine rings is 1. The van der Waals surface area contributed by atoms with Gasteiger partial charge in [-0.05, 0) is 64.0 Å². The van der Waals surface area contributed by atoms with Crippen molar-refractivity contribution in [3.8, 4) is 5.75 Å². The van der Waals surface area contributed by atoms with Crippen molar-refractivity contribution in [2.45, 2.75) is 38.1 Å². The minimum atomic E-state index is -0.680. The standard InChI is InChI=1S/C23H36N4O3/c1-5-13-25-15-11-23(12-16-25)21(28)26(18-17-24(2)3)22(29)27(23)14-10-19-6-8-20(30-4)9-7-19/h6-9H,5,10-18H2,1-4H3. The number of hydrogen-bond donors (Lipinski definition) is 0. The van der Waals surface area contributed by atoms with E-state index in [-0.39, 0.29) is 11.9 Å². The van der Waals surface area contributed by atoms with Crippen LogP contribution in [0, 0.1) is 0 Å². The summed E-state index contributed by atoms with van der Waals surface area (Å²) in [6, 6.07) is 7.81. The average molecular weight is 417 g/mol. The first-order valence-electron chi connectivity index (χ1n) is 11.0. The van der Waals surface area contributed by atoms with Crippen molar-refractivity contribution in [1.29, 1.82) is 0 Å². The second-order valence-corrected chi connectivity index (χ2v) is 8.67. The van der Waals surface area contributed by atoms with E-state index in [9.17, 15) is 9.59 Å². The Kier molecular flexibility index (Phi) is 7.36. The van der Waals surface area contributed by atoms with Crippen LogP contribution >= 0.6 is 0 Å². The molecule has 3 amide bonds. The SMILES string of the molecule is CCCN1CCC2(CC1)C(=O)N(CCN(C)C)C(=O)N2CCc1ccc(OC)cc1. The normalized spacial score (nSPS) is 19.4. The summed E-state index contributed by atoms with van der Waals surface area (Å²) < 4.78 is 5.23. The summed E-state index contributed by atoms with van der Waals surface area (Å²) in [4.78, 5) is 34.6. The first kappa shape index (κ1) is 22.6. The molecule has 2 aliphatic heterocycles. The van der Waals surface area contributed by atoms with Crippen molar-refractivity contribution < 1.29 is 14.3 Å². The summed E-state index contributed by atoms with van der Waals surface area (Å²) in [7, 11) is 5.58. The summed E-state index contributed by atoms with van der Waals surface area (Å²) in [5, 5.41) is 0. The fourth-order valence-corrected chi connectivity index (χ4v) is 4.57. The van der Waals surface area contributed by atoms with Crippen LogP contribution in [0.1, 0.15) is 31.7 Å². The highest BCUT2D eigenvalue weighted by molar-refractivity contribution is 6.07. The van der Waals surface area contributed by atoms with E-state index in [1.165, 1.54) is 4.90 Å². The van der Waals surface area contributed by atoms with E-state index in [2.05, 4.69) is 11.8 Å². The molecule has 0 N–H and O–H groups in total. The Morgan fingerprint density at radius 3 is 2.27 bits per heavy atom. The third-order valence-corrected chi connectivity index (χ3v) is 6.40. The maximum Gasteiger partial charge on any atom is 0.327 e. The number of methoxy groups -OCH3 is 1. The molecule has 30 heavy (non-hydrogen) atoms. The van der Waals surface area contributed by atoms with Crippen LogP contribution in [0.5, 0.6) is 5.75 Å². The molecule has 2 aliphatic rings. The highest BCUT2D eigenvalue weighted by Crippen LogP contribution is 2.37. The van der Waals surface area contributed by atoms with Gasteiger partial charge in [-0.1, -0.05) is 19.1 Å². The minimum Gasteiger partial charge on any atom is -0.497 e. The summed E-state index contributed by atoms with van der Waals surface area (Å²) in [6.45, 7) is 6.66. The Morgan fingerprint density at radius 1 is 1.03 bits per heavy atom. The lowest BCUT2D eigenvalue weighted by atomic mass is 9.85. The molecule has 0 aliphatic carbocycles. The van der Waals surface area contributed by atoms with E-state index in [0.717, 1.165) is 56.6 Å². The predicted molar refractivity (Wildman–Crippen MR) is 118 cm³/mol. The number of carbonyl (C=O) groups excluding carboxylic acids is 2. The summed E-state index contributed by atoms with van der Waals surface area (Å²) in [5.74, 6) is 0.820. The lowest BCUT2D eigenvalue weighted by Crippen LogP contribution is -2.57. The highest BCUT2D eigenvalue weighted by Gasteiger charge is 2.57. The maximum absolute atomic E-state index is 13.5. The number of benzene rings is 1. The van der Waals surface area contributed by atoms with Crippen LogP contribution in [0.4, 0.5) is 4.79 Å². The maximum atomic E-state index is 13.5. The summed E-state index contributed by atoms with van der Waals surface area (Å²) >= 11 is 0. The zero-order chi connectivity index (χ0) is 21.7. The van der Waals surface area contributed by atoms with E-state index in [1.54, 1.807) is 7.11 Å². The molecule has 166 valence electrons. The van der Waals surface area contributed by atoms with Gasteiger partial charge >= 0.3 is 6.03 Å². The van der Waals surface area contributed by atoms with Gasteiger partial charge in [-0.15, -0.1) is 0 Å². The molecule has 2 heterocycles. The van der Waals surface area contributed by atoms with Crippen molar-refractivity contribution in [2.24, 2.45) is 0 Å². The second-order valence-electron chi connectivity index (χ2n) is 8.67. The van der Waals surface area contributed by atoms with Gasteiger partial charge in [0.05, 0.1) is 7.11 Å². The molecule has 0 atom stereocenters. The molecular weight excluding hydrogens is 380 g/mol.